The van der Waals surface area contributed by atoms with Gasteiger partial charge in [-0.25, -0.2) is 4.39 Å². The molecule has 0 aliphatic heterocycles. The van der Waals surface area contributed by atoms with Crippen molar-refractivity contribution in [2.45, 2.75) is 31.7 Å². The maximum Gasteiger partial charge on any atom is 0.271 e. The standard InChI is InChI=1S/C13H15FN2O2/c14-11-6-5-10(16(17)18)7-12(11)15-13(8-1-2-8)9-3-4-9/h5-9,13,15H,1-4H2. The Morgan fingerprint density at radius 2 is 1.89 bits per heavy atom. The zero-order valence-electron chi connectivity index (χ0n) is 9.93. The molecule has 0 atom stereocenters. The molecule has 2 saturated carbocycles. The molecule has 0 bridgehead atoms. The van der Waals surface area contributed by atoms with Gasteiger partial charge in [0.25, 0.3) is 5.69 Å². The van der Waals surface area contributed by atoms with E-state index >= 15 is 0 Å². The van der Waals surface area contributed by atoms with Gasteiger partial charge in [-0.3, -0.25) is 10.1 Å². The van der Waals surface area contributed by atoms with Gasteiger partial charge < -0.3 is 5.32 Å². The third kappa shape index (κ3) is 2.30. The highest BCUT2D eigenvalue weighted by atomic mass is 19.1. The number of nitro benzene ring substituents is 1. The lowest BCUT2D eigenvalue weighted by molar-refractivity contribution is -0.384. The minimum absolute atomic E-state index is 0.0655. The molecule has 18 heavy (non-hydrogen) atoms. The van der Waals surface area contributed by atoms with E-state index in [4.69, 9.17) is 0 Å². The normalized spacial score (nSPS) is 19.0. The van der Waals surface area contributed by atoms with Crippen molar-refractivity contribution in [1.29, 1.82) is 0 Å². The maximum absolute atomic E-state index is 13.7. The zero-order valence-corrected chi connectivity index (χ0v) is 9.93. The molecule has 0 unspecified atom stereocenters. The van der Waals surface area contributed by atoms with E-state index in [2.05, 4.69) is 5.32 Å². The van der Waals surface area contributed by atoms with Gasteiger partial charge in [-0.2, -0.15) is 0 Å². The second-order valence-corrected chi connectivity index (χ2v) is 5.27. The summed E-state index contributed by atoms with van der Waals surface area (Å²) in [6.45, 7) is 0. The molecule has 0 heterocycles. The first-order valence-corrected chi connectivity index (χ1v) is 6.35. The fourth-order valence-corrected chi connectivity index (χ4v) is 2.45. The predicted octanol–water partition coefficient (Wildman–Crippen LogP) is 3.33. The summed E-state index contributed by atoms with van der Waals surface area (Å²) in [5, 5.41) is 13.9. The van der Waals surface area contributed by atoms with E-state index < -0.39 is 10.7 Å². The Bertz CT molecular complexity index is 472. The Kier molecular flexibility index (Phi) is 2.69. The van der Waals surface area contributed by atoms with Crippen LogP contribution in [0.3, 0.4) is 0 Å². The van der Waals surface area contributed by atoms with Crippen LogP contribution in [0.1, 0.15) is 25.7 Å². The van der Waals surface area contributed by atoms with Crippen LogP contribution in [0.5, 0.6) is 0 Å². The van der Waals surface area contributed by atoms with Gasteiger partial charge in [-0.05, 0) is 43.6 Å². The number of nitrogens with zero attached hydrogens (tertiary/aromatic N) is 1. The van der Waals surface area contributed by atoms with E-state index in [0.29, 0.717) is 17.9 Å². The minimum atomic E-state index is -0.492. The molecule has 2 aliphatic rings. The van der Waals surface area contributed by atoms with Crippen molar-refractivity contribution in [2.75, 3.05) is 5.32 Å². The summed E-state index contributed by atoms with van der Waals surface area (Å²) in [7, 11) is 0. The van der Waals surface area contributed by atoms with E-state index in [-0.39, 0.29) is 11.4 Å². The van der Waals surface area contributed by atoms with Gasteiger partial charge >= 0.3 is 0 Å². The maximum atomic E-state index is 13.7. The lowest BCUT2D eigenvalue weighted by atomic mass is 10.1. The smallest absolute Gasteiger partial charge is 0.271 e. The van der Waals surface area contributed by atoms with E-state index in [1.54, 1.807) is 0 Å². The molecule has 1 N–H and O–H groups in total. The number of anilines is 1. The molecule has 4 nitrogen and oxygen atoms in total. The van der Waals surface area contributed by atoms with Crippen LogP contribution >= 0.6 is 0 Å². The van der Waals surface area contributed by atoms with Crippen LogP contribution in [-0.2, 0) is 0 Å². The molecule has 0 aromatic heterocycles. The molecular weight excluding hydrogens is 235 g/mol. The van der Waals surface area contributed by atoms with Crippen molar-refractivity contribution in [2.24, 2.45) is 11.8 Å². The molecule has 3 rings (SSSR count). The molecule has 1 aromatic carbocycles. The number of rotatable bonds is 5. The van der Waals surface area contributed by atoms with Crippen molar-refractivity contribution >= 4 is 11.4 Å². The first-order chi connectivity index (χ1) is 8.65. The Hall–Kier alpha value is -1.65. The Labute approximate surface area is 104 Å². The van der Waals surface area contributed by atoms with Gasteiger partial charge in [0.05, 0.1) is 10.6 Å². The van der Waals surface area contributed by atoms with Gasteiger partial charge in [0.15, 0.2) is 0 Å². The molecule has 1 aromatic rings. The van der Waals surface area contributed by atoms with Gasteiger partial charge in [-0.1, -0.05) is 0 Å². The molecule has 0 amide bonds. The van der Waals surface area contributed by atoms with Gasteiger partial charge in [0.1, 0.15) is 5.82 Å². The zero-order chi connectivity index (χ0) is 12.7. The lowest BCUT2D eigenvalue weighted by Crippen LogP contribution is -2.24. The Morgan fingerprint density at radius 3 is 2.39 bits per heavy atom. The number of hydrogen-bond donors (Lipinski definition) is 1. The average molecular weight is 250 g/mol. The monoisotopic (exact) mass is 250 g/mol. The topological polar surface area (TPSA) is 55.2 Å². The Morgan fingerprint density at radius 1 is 1.28 bits per heavy atom. The second kappa shape index (κ2) is 4.23. The van der Waals surface area contributed by atoms with Gasteiger partial charge in [0.2, 0.25) is 0 Å². The fourth-order valence-electron chi connectivity index (χ4n) is 2.45. The summed E-state index contributed by atoms with van der Waals surface area (Å²) < 4.78 is 13.7. The average Bonchev–Trinajstić information content (AvgIpc) is 3.20. The molecule has 5 heteroatoms. The first kappa shape index (κ1) is 11.4. The molecule has 0 radical (unpaired) electrons. The molecule has 0 saturated heterocycles. The summed E-state index contributed by atoms with van der Waals surface area (Å²) in [4.78, 5) is 10.2. The summed E-state index contributed by atoms with van der Waals surface area (Å²) in [5.41, 5.74) is 0.206. The first-order valence-electron chi connectivity index (χ1n) is 6.35. The summed E-state index contributed by atoms with van der Waals surface area (Å²) in [6.07, 6.45) is 4.74. The summed E-state index contributed by atoms with van der Waals surface area (Å²) in [6, 6.07) is 3.95. The van der Waals surface area contributed by atoms with E-state index in [1.807, 2.05) is 0 Å². The predicted molar refractivity (Wildman–Crippen MR) is 65.9 cm³/mol. The van der Waals surface area contributed by atoms with Crippen LogP contribution in [-0.4, -0.2) is 11.0 Å². The number of benzene rings is 1. The largest absolute Gasteiger partial charge is 0.379 e. The Balaban J connectivity index is 1.81. The highest BCUT2D eigenvalue weighted by Crippen LogP contribution is 2.46. The van der Waals surface area contributed by atoms with Crippen molar-refractivity contribution in [1.82, 2.24) is 0 Å². The number of halogens is 1. The van der Waals surface area contributed by atoms with E-state index in [1.165, 1.54) is 37.8 Å². The van der Waals surface area contributed by atoms with Gasteiger partial charge in [-0.15, -0.1) is 0 Å². The van der Waals surface area contributed by atoms with Crippen LogP contribution < -0.4 is 5.32 Å². The molecule has 0 spiro atoms. The van der Waals surface area contributed by atoms with E-state index in [0.717, 1.165) is 6.07 Å². The SMILES string of the molecule is O=[N+]([O-])c1ccc(F)c(NC(C2CC2)C2CC2)c1. The lowest BCUT2D eigenvalue weighted by Gasteiger charge is -2.19. The van der Waals surface area contributed by atoms with Gasteiger partial charge in [0, 0.05) is 18.2 Å². The number of nitro groups is 1. The number of nitrogens with one attached hydrogen (secondary N) is 1. The third-order valence-corrected chi connectivity index (χ3v) is 3.74. The van der Waals surface area contributed by atoms with Crippen LogP contribution in [0.2, 0.25) is 0 Å². The van der Waals surface area contributed by atoms with Crippen molar-refractivity contribution < 1.29 is 9.31 Å². The van der Waals surface area contributed by atoms with Crippen LogP contribution in [0.15, 0.2) is 18.2 Å². The summed E-state index contributed by atoms with van der Waals surface area (Å²) in [5.74, 6) is 0.833. The minimum Gasteiger partial charge on any atom is -0.379 e. The van der Waals surface area contributed by atoms with Crippen molar-refractivity contribution in [3.8, 4) is 0 Å². The van der Waals surface area contributed by atoms with E-state index in [9.17, 15) is 14.5 Å². The van der Waals surface area contributed by atoms with Crippen molar-refractivity contribution in [3.63, 3.8) is 0 Å². The van der Waals surface area contributed by atoms with Crippen LogP contribution in [0.4, 0.5) is 15.8 Å². The number of hydrogen-bond acceptors (Lipinski definition) is 3. The second-order valence-electron chi connectivity index (χ2n) is 5.27. The molecule has 2 fully saturated rings. The van der Waals surface area contributed by atoms with Crippen LogP contribution in [0, 0.1) is 27.8 Å². The highest BCUT2D eigenvalue weighted by Gasteiger charge is 2.41. The molecular formula is C13H15FN2O2. The van der Waals surface area contributed by atoms with Crippen LogP contribution in [0.25, 0.3) is 0 Å². The molecule has 96 valence electrons. The fraction of sp³-hybridized carbons (Fsp3) is 0.538. The van der Waals surface area contributed by atoms with Crippen molar-refractivity contribution in [3.05, 3.63) is 34.1 Å². The third-order valence-electron chi connectivity index (χ3n) is 3.74. The molecule has 2 aliphatic carbocycles. The number of non-ortho nitro benzene ring substituents is 1. The highest BCUT2D eigenvalue weighted by molar-refractivity contribution is 5.53. The quantitative estimate of drug-likeness (QED) is 0.644. The summed E-state index contributed by atoms with van der Waals surface area (Å²) >= 11 is 0.